The van der Waals surface area contributed by atoms with Gasteiger partial charge in [-0.05, 0) is 12.2 Å². The average Bonchev–Trinajstić information content (AvgIpc) is 1.90. The number of rotatable bonds is 0. The molecular weight excluding hydrogens is 150 g/mol. The fourth-order valence-corrected chi connectivity index (χ4v) is 0.528. The van der Waals surface area contributed by atoms with Crippen LogP contribution in [0.3, 0.4) is 0 Å². The summed E-state index contributed by atoms with van der Waals surface area (Å²) >= 11 is 0. The van der Waals surface area contributed by atoms with Crippen LogP contribution in [0.1, 0.15) is 0 Å². The van der Waals surface area contributed by atoms with Crippen LogP contribution in [-0.2, 0) is 0 Å². The molecule has 0 fully saturated rings. The van der Waals surface area contributed by atoms with Gasteiger partial charge in [0.25, 0.3) is 0 Å². The van der Waals surface area contributed by atoms with Gasteiger partial charge in [-0.1, -0.05) is 0 Å². The van der Waals surface area contributed by atoms with E-state index >= 15 is 0 Å². The van der Waals surface area contributed by atoms with Crippen LogP contribution in [0.15, 0.2) is 24.3 Å². The first-order valence-corrected chi connectivity index (χ1v) is 2.49. The SMILES string of the molecule is Cl.[N-]=[N+]=C1C=CC(=N)C=C1. The Balaban J connectivity index is 0.000000810. The standard InChI is InChI=1S/C6H5N3.ClH/c7-5-1-3-6(9-8)4-2-5;/h1-4,7H;1H. The molecule has 0 bridgehead atoms. The van der Waals surface area contributed by atoms with Crippen molar-refractivity contribution in [1.29, 1.82) is 5.41 Å². The summed E-state index contributed by atoms with van der Waals surface area (Å²) in [5, 5.41) is 7.04. The summed E-state index contributed by atoms with van der Waals surface area (Å²) in [5.74, 6) is 0. The van der Waals surface area contributed by atoms with Crippen molar-refractivity contribution in [3.8, 4) is 0 Å². The molecule has 3 nitrogen and oxygen atoms in total. The van der Waals surface area contributed by atoms with Crippen LogP contribution in [0.5, 0.6) is 0 Å². The van der Waals surface area contributed by atoms with Crippen molar-refractivity contribution >= 4 is 23.8 Å². The van der Waals surface area contributed by atoms with E-state index in [1.165, 1.54) is 0 Å². The molecule has 10 heavy (non-hydrogen) atoms. The van der Waals surface area contributed by atoms with Gasteiger partial charge in [-0.25, -0.2) is 0 Å². The van der Waals surface area contributed by atoms with E-state index in [2.05, 4.69) is 4.79 Å². The van der Waals surface area contributed by atoms with Crippen LogP contribution in [0.25, 0.3) is 5.53 Å². The maximum atomic E-state index is 8.19. The highest BCUT2D eigenvalue weighted by molar-refractivity contribution is 6.15. The van der Waals surface area contributed by atoms with Crippen molar-refractivity contribution in [3.63, 3.8) is 0 Å². The minimum Gasteiger partial charge on any atom is -0.361 e. The molecular formula is C6H6ClN3. The molecule has 0 aromatic carbocycles. The summed E-state index contributed by atoms with van der Waals surface area (Å²) in [6.07, 6.45) is 6.27. The van der Waals surface area contributed by atoms with E-state index < -0.39 is 0 Å². The second-order valence-corrected chi connectivity index (χ2v) is 1.65. The molecule has 0 atom stereocenters. The third-order valence-electron chi connectivity index (χ3n) is 0.983. The Hall–Kier alpha value is -1.18. The van der Waals surface area contributed by atoms with Gasteiger partial charge in [0.1, 0.15) is 0 Å². The third-order valence-corrected chi connectivity index (χ3v) is 0.983. The summed E-state index contributed by atoms with van der Waals surface area (Å²) in [4.78, 5) is 2.93. The molecule has 0 aromatic heterocycles. The molecule has 52 valence electrons. The van der Waals surface area contributed by atoms with Gasteiger partial charge in [-0.2, -0.15) is 4.79 Å². The molecule has 0 radical (unpaired) electrons. The molecule has 1 aliphatic rings. The van der Waals surface area contributed by atoms with Gasteiger partial charge in [0.15, 0.2) is 0 Å². The Labute approximate surface area is 64.6 Å². The molecule has 4 heteroatoms. The predicted octanol–water partition coefficient (Wildman–Crippen LogP) is 1.22. The lowest BCUT2D eigenvalue weighted by molar-refractivity contribution is -0.00152. The van der Waals surface area contributed by atoms with E-state index in [9.17, 15) is 0 Å². The summed E-state index contributed by atoms with van der Waals surface area (Å²) in [6.45, 7) is 0. The smallest absolute Gasteiger partial charge is 0.315 e. The average molecular weight is 156 g/mol. The molecule has 0 saturated heterocycles. The summed E-state index contributed by atoms with van der Waals surface area (Å²) in [7, 11) is 0. The monoisotopic (exact) mass is 155 g/mol. The molecule has 0 unspecified atom stereocenters. The number of allylic oxidation sites excluding steroid dienone is 4. The fraction of sp³-hybridized carbons (Fsp3) is 0. The minimum atomic E-state index is 0. The van der Waals surface area contributed by atoms with Gasteiger partial charge in [0.05, 0.1) is 5.71 Å². The van der Waals surface area contributed by atoms with Gasteiger partial charge in [-0.15, -0.1) is 12.4 Å². The van der Waals surface area contributed by atoms with Crippen molar-refractivity contribution in [2.45, 2.75) is 0 Å². The first-order valence-electron chi connectivity index (χ1n) is 2.49. The Morgan fingerprint density at radius 1 is 1.20 bits per heavy atom. The second kappa shape index (κ2) is 3.77. The van der Waals surface area contributed by atoms with Gasteiger partial charge in [0.2, 0.25) is 0 Å². The Morgan fingerprint density at radius 2 is 1.70 bits per heavy atom. The summed E-state index contributed by atoms with van der Waals surface area (Å²) in [5.41, 5.74) is 9.09. The van der Waals surface area contributed by atoms with Gasteiger partial charge < -0.3 is 10.9 Å². The van der Waals surface area contributed by atoms with E-state index in [0.29, 0.717) is 11.4 Å². The summed E-state index contributed by atoms with van der Waals surface area (Å²) in [6, 6.07) is 0. The minimum absolute atomic E-state index is 0. The van der Waals surface area contributed by atoms with Crippen LogP contribution in [0.4, 0.5) is 0 Å². The quantitative estimate of drug-likeness (QED) is 0.311. The molecule has 0 amide bonds. The van der Waals surface area contributed by atoms with Gasteiger partial charge in [0, 0.05) is 12.2 Å². The molecule has 0 heterocycles. The Bertz CT molecular complexity index is 228. The number of nitrogens with one attached hydrogen (secondary N) is 1. The highest BCUT2D eigenvalue weighted by Gasteiger charge is 2.00. The van der Waals surface area contributed by atoms with E-state index in [0.717, 1.165) is 0 Å². The number of nitrogens with zero attached hydrogens (tertiary/aromatic N) is 2. The maximum absolute atomic E-state index is 8.19. The molecule has 1 aliphatic carbocycles. The fourth-order valence-electron chi connectivity index (χ4n) is 0.528. The van der Waals surface area contributed by atoms with E-state index in [1.54, 1.807) is 24.3 Å². The molecule has 0 saturated carbocycles. The number of halogens is 1. The predicted molar refractivity (Wildman–Crippen MR) is 41.9 cm³/mol. The second-order valence-electron chi connectivity index (χ2n) is 1.65. The lowest BCUT2D eigenvalue weighted by Crippen LogP contribution is -1.98. The Kier molecular flexibility index (Phi) is 3.33. The summed E-state index contributed by atoms with van der Waals surface area (Å²) < 4.78 is 0. The highest BCUT2D eigenvalue weighted by atomic mass is 35.5. The van der Waals surface area contributed by atoms with E-state index in [-0.39, 0.29) is 12.4 Å². The van der Waals surface area contributed by atoms with Crippen molar-refractivity contribution in [2.24, 2.45) is 0 Å². The zero-order valence-electron chi connectivity index (χ0n) is 5.11. The number of hydrogen-bond acceptors (Lipinski definition) is 1. The van der Waals surface area contributed by atoms with E-state index in [1.807, 2.05) is 0 Å². The van der Waals surface area contributed by atoms with Gasteiger partial charge >= 0.3 is 5.71 Å². The lowest BCUT2D eigenvalue weighted by Gasteiger charge is -1.88. The zero-order chi connectivity index (χ0) is 6.69. The van der Waals surface area contributed by atoms with Crippen molar-refractivity contribution in [1.82, 2.24) is 0 Å². The first kappa shape index (κ1) is 8.82. The normalized spacial score (nSPS) is 14.4. The topological polar surface area (TPSA) is 60.3 Å². The lowest BCUT2D eigenvalue weighted by atomic mass is 10.1. The van der Waals surface area contributed by atoms with Crippen LogP contribution in [0.2, 0.25) is 0 Å². The molecule has 1 rings (SSSR count). The van der Waals surface area contributed by atoms with Crippen molar-refractivity contribution in [3.05, 3.63) is 29.8 Å². The molecule has 0 aromatic rings. The van der Waals surface area contributed by atoms with E-state index in [4.69, 9.17) is 10.9 Å². The van der Waals surface area contributed by atoms with Crippen LogP contribution in [-0.4, -0.2) is 16.2 Å². The largest absolute Gasteiger partial charge is 0.361 e. The van der Waals surface area contributed by atoms with Gasteiger partial charge in [-0.3, -0.25) is 0 Å². The number of hydrogen-bond donors (Lipinski definition) is 1. The maximum Gasteiger partial charge on any atom is 0.315 e. The van der Waals surface area contributed by atoms with Crippen LogP contribution < -0.4 is 0 Å². The molecule has 1 N–H and O–H groups in total. The van der Waals surface area contributed by atoms with Crippen LogP contribution >= 0.6 is 12.4 Å². The highest BCUT2D eigenvalue weighted by Crippen LogP contribution is 1.91. The molecule has 0 aliphatic heterocycles. The van der Waals surface area contributed by atoms with Crippen molar-refractivity contribution < 1.29 is 4.79 Å². The molecule has 0 spiro atoms. The van der Waals surface area contributed by atoms with Crippen LogP contribution in [0, 0.1) is 5.41 Å². The Morgan fingerprint density at radius 3 is 2.10 bits per heavy atom. The zero-order valence-corrected chi connectivity index (χ0v) is 5.93. The third kappa shape index (κ3) is 1.97. The first-order chi connectivity index (χ1) is 4.33. The van der Waals surface area contributed by atoms with Crippen molar-refractivity contribution in [2.75, 3.05) is 0 Å².